The summed E-state index contributed by atoms with van der Waals surface area (Å²) in [4.78, 5) is 26.6. The number of Topliss-reactive ketones (excluding diaryl/α,β-unsaturated/α-hetero) is 1. The van der Waals surface area contributed by atoms with Crippen LogP contribution in [0.2, 0.25) is 0 Å². The van der Waals surface area contributed by atoms with E-state index in [4.69, 9.17) is 4.74 Å². The van der Waals surface area contributed by atoms with Gasteiger partial charge in [-0.15, -0.1) is 0 Å². The van der Waals surface area contributed by atoms with Crippen molar-refractivity contribution in [2.75, 3.05) is 20.2 Å². The summed E-state index contributed by atoms with van der Waals surface area (Å²) in [5, 5.41) is 0. The molecule has 0 aromatic heterocycles. The van der Waals surface area contributed by atoms with Crippen LogP contribution in [0, 0.1) is 11.8 Å². The molecule has 2 aliphatic rings. The normalized spacial score (nSPS) is 22.0. The minimum absolute atomic E-state index is 0.0603. The molecule has 4 heteroatoms. The van der Waals surface area contributed by atoms with Gasteiger partial charge in [0.15, 0.2) is 5.78 Å². The van der Waals surface area contributed by atoms with Crippen LogP contribution in [0.15, 0.2) is 24.3 Å². The fourth-order valence-corrected chi connectivity index (χ4v) is 2.97. The van der Waals surface area contributed by atoms with Gasteiger partial charge in [-0.2, -0.15) is 0 Å². The molecule has 0 radical (unpaired) electrons. The van der Waals surface area contributed by atoms with Crippen molar-refractivity contribution in [3.63, 3.8) is 0 Å². The summed E-state index contributed by atoms with van der Waals surface area (Å²) in [6, 6.07) is 7.23. The molecule has 0 spiro atoms. The Labute approximate surface area is 125 Å². The number of likely N-dealkylation sites (tertiary alicyclic amines) is 1. The highest BCUT2D eigenvalue weighted by molar-refractivity contribution is 5.98. The zero-order valence-corrected chi connectivity index (χ0v) is 12.4. The van der Waals surface area contributed by atoms with Gasteiger partial charge in [0.05, 0.1) is 7.11 Å². The fourth-order valence-electron chi connectivity index (χ4n) is 2.97. The molecule has 2 fully saturated rings. The second-order valence-corrected chi connectivity index (χ2v) is 5.99. The van der Waals surface area contributed by atoms with Gasteiger partial charge in [-0.25, -0.2) is 0 Å². The molecule has 1 amide bonds. The third kappa shape index (κ3) is 3.09. The standard InChI is InChI=1S/C17H21NO3/c1-21-15-8-6-12(7-9-15)16(19)14-3-2-10-18(11-14)17(20)13-4-5-13/h6-9,13-14H,2-5,10-11H2,1H3. The summed E-state index contributed by atoms with van der Waals surface area (Å²) < 4.78 is 5.11. The lowest BCUT2D eigenvalue weighted by atomic mass is 9.90. The summed E-state index contributed by atoms with van der Waals surface area (Å²) in [6.07, 6.45) is 3.84. The third-order valence-electron chi connectivity index (χ3n) is 4.40. The van der Waals surface area contributed by atoms with Crippen molar-refractivity contribution in [1.29, 1.82) is 0 Å². The van der Waals surface area contributed by atoms with Gasteiger partial charge in [-0.1, -0.05) is 0 Å². The second-order valence-electron chi connectivity index (χ2n) is 5.99. The smallest absolute Gasteiger partial charge is 0.225 e. The first kappa shape index (κ1) is 14.1. The van der Waals surface area contributed by atoms with E-state index in [1.807, 2.05) is 29.2 Å². The molecule has 1 aromatic rings. The SMILES string of the molecule is COc1ccc(C(=O)C2CCCN(C(=O)C3CC3)C2)cc1. The van der Waals surface area contributed by atoms with E-state index >= 15 is 0 Å². The number of hydrogen-bond acceptors (Lipinski definition) is 3. The number of ketones is 1. The van der Waals surface area contributed by atoms with Crippen LogP contribution >= 0.6 is 0 Å². The van der Waals surface area contributed by atoms with Gasteiger partial charge in [0.2, 0.25) is 5.91 Å². The number of nitrogens with zero attached hydrogens (tertiary/aromatic N) is 1. The van der Waals surface area contributed by atoms with Gasteiger partial charge < -0.3 is 9.64 Å². The largest absolute Gasteiger partial charge is 0.497 e. The molecule has 1 aliphatic heterocycles. The second kappa shape index (κ2) is 5.88. The Hall–Kier alpha value is -1.84. The van der Waals surface area contributed by atoms with Gasteiger partial charge in [0.25, 0.3) is 0 Å². The van der Waals surface area contributed by atoms with Crippen molar-refractivity contribution >= 4 is 11.7 Å². The van der Waals surface area contributed by atoms with Crippen LogP contribution in [0.25, 0.3) is 0 Å². The predicted molar refractivity (Wildman–Crippen MR) is 79.4 cm³/mol. The lowest BCUT2D eigenvalue weighted by Crippen LogP contribution is -2.43. The number of hydrogen-bond donors (Lipinski definition) is 0. The number of ether oxygens (including phenoxy) is 1. The van der Waals surface area contributed by atoms with Gasteiger partial charge in [-0.3, -0.25) is 9.59 Å². The number of amides is 1. The Balaban J connectivity index is 1.66. The summed E-state index contributed by atoms with van der Waals surface area (Å²) in [5.74, 6) is 1.32. The molecule has 0 bridgehead atoms. The molecule has 4 nitrogen and oxygen atoms in total. The van der Waals surface area contributed by atoms with Crippen LogP contribution < -0.4 is 4.74 Å². The average molecular weight is 287 g/mol. The summed E-state index contributed by atoms with van der Waals surface area (Å²) in [5.41, 5.74) is 0.710. The van der Waals surface area contributed by atoms with Crippen LogP contribution in [-0.2, 0) is 4.79 Å². The van der Waals surface area contributed by atoms with E-state index in [0.29, 0.717) is 12.1 Å². The molecule has 1 saturated carbocycles. The van der Waals surface area contributed by atoms with Crippen molar-refractivity contribution in [2.45, 2.75) is 25.7 Å². The molecule has 0 N–H and O–H groups in total. The Kier molecular flexibility index (Phi) is 3.95. The van der Waals surface area contributed by atoms with Gasteiger partial charge in [0.1, 0.15) is 5.75 Å². The molecule has 1 aliphatic carbocycles. The van der Waals surface area contributed by atoms with Crippen LogP contribution in [0.1, 0.15) is 36.0 Å². The predicted octanol–water partition coefficient (Wildman–Crippen LogP) is 2.53. The third-order valence-corrected chi connectivity index (χ3v) is 4.40. The van der Waals surface area contributed by atoms with E-state index in [1.165, 1.54) is 0 Å². The highest BCUT2D eigenvalue weighted by Gasteiger charge is 2.36. The van der Waals surface area contributed by atoms with E-state index in [-0.39, 0.29) is 23.5 Å². The van der Waals surface area contributed by atoms with Gasteiger partial charge >= 0.3 is 0 Å². The monoisotopic (exact) mass is 287 g/mol. The van der Waals surface area contributed by atoms with E-state index in [9.17, 15) is 9.59 Å². The minimum Gasteiger partial charge on any atom is -0.497 e. The molecule has 1 unspecified atom stereocenters. The lowest BCUT2D eigenvalue weighted by molar-refractivity contribution is -0.133. The molecule has 3 rings (SSSR count). The lowest BCUT2D eigenvalue weighted by Gasteiger charge is -2.32. The Morgan fingerprint density at radius 1 is 1.10 bits per heavy atom. The first-order valence-electron chi connectivity index (χ1n) is 7.66. The maximum absolute atomic E-state index is 12.6. The first-order valence-corrected chi connectivity index (χ1v) is 7.66. The van der Waals surface area contributed by atoms with E-state index in [2.05, 4.69) is 0 Å². The van der Waals surface area contributed by atoms with E-state index in [1.54, 1.807) is 7.11 Å². The summed E-state index contributed by atoms with van der Waals surface area (Å²) in [7, 11) is 1.61. The van der Waals surface area contributed by atoms with E-state index in [0.717, 1.165) is 38.0 Å². The van der Waals surface area contributed by atoms with Crippen molar-refractivity contribution < 1.29 is 14.3 Å². The van der Waals surface area contributed by atoms with Crippen molar-refractivity contribution in [3.05, 3.63) is 29.8 Å². The van der Waals surface area contributed by atoms with Gasteiger partial charge in [0, 0.05) is 30.5 Å². The number of methoxy groups -OCH3 is 1. The highest BCUT2D eigenvalue weighted by Crippen LogP contribution is 2.33. The highest BCUT2D eigenvalue weighted by atomic mass is 16.5. The Morgan fingerprint density at radius 2 is 1.81 bits per heavy atom. The van der Waals surface area contributed by atoms with Crippen LogP contribution in [0.5, 0.6) is 5.75 Å². The number of carbonyl (C=O) groups is 2. The number of benzene rings is 1. The van der Waals surface area contributed by atoms with Crippen LogP contribution in [0.3, 0.4) is 0 Å². The minimum atomic E-state index is -0.0603. The van der Waals surface area contributed by atoms with E-state index < -0.39 is 0 Å². The molecular weight excluding hydrogens is 266 g/mol. The molecule has 21 heavy (non-hydrogen) atoms. The Morgan fingerprint density at radius 3 is 2.43 bits per heavy atom. The quantitative estimate of drug-likeness (QED) is 0.799. The molecule has 1 aromatic carbocycles. The summed E-state index contributed by atoms with van der Waals surface area (Å²) in [6.45, 7) is 1.39. The van der Waals surface area contributed by atoms with Gasteiger partial charge in [-0.05, 0) is 49.9 Å². The van der Waals surface area contributed by atoms with Crippen molar-refractivity contribution in [2.24, 2.45) is 11.8 Å². The van der Waals surface area contributed by atoms with Crippen molar-refractivity contribution in [1.82, 2.24) is 4.90 Å². The zero-order chi connectivity index (χ0) is 14.8. The number of carbonyl (C=O) groups excluding carboxylic acids is 2. The van der Waals surface area contributed by atoms with Crippen LogP contribution in [0.4, 0.5) is 0 Å². The molecular formula is C17H21NO3. The summed E-state index contributed by atoms with van der Waals surface area (Å²) >= 11 is 0. The number of piperidine rings is 1. The topological polar surface area (TPSA) is 46.6 Å². The Bertz CT molecular complexity index is 533. The zero-order valence-electron chi connectivity index (χ0n) is 12.4. The molecule has 112 valence electrons. The maximum Gasteiger partial charge on any atom is 0.225 e. The number of rotatable bonds is 4. The first-order chi connectivity index (χ1) is 10.2. The fraction of sp³-hybridized carbons (Fsp3) is 0.529. The maximum atomic E-state index is 12.6. The molecule has 1 heterocycles. The molecule has 1 atom stereocenters. The van der Waals surface area contributed by atoms with Crippen LogP contribution in [-0.4, -0.2) is 36.8 Å². The van der Waals surface area contributed by atoms with Crippen molar-refractivity contribution in [3.8, 4) is 5.75 Å². The average Bonchev–Trinajstić information content (AvgIpc) is 3.38. The molecule has 1 saturated heterocycles.